The van der Waals surface area contributed by atoms with Gasteiger partial charge < -0.3 is 10.2 Å². The van der Waals surface area contributed by atoms with Crippen molar-refractivity contribution < 1.29 is 15.0 Å². The average Bonchev–Trinajstić information content (AvgIpc) is 1.86. The van der Waals surface area contributed by atoms with E-state index in [0.29, 0.717) is 0 Å². The molecule has 50 valence electrons. The summed E-state index contributed by atoms with van der Waals surface area (Å²) in [4.78, 5) is 10.1. The molecule has 0 aliphatic carbocycles. The first kappa shape index (κ1) is 7.99. The van der Waals surface area contributed by atoms with Gasteiger partial charge >= 0.3 is 5.97 Å². The van der Waals surface area contributed by atoms with Crippen LogP contribution in [0.5, 0.6) is 0 Å². The summed E-state index contributed by atoms with van der Waals surface area (Å²) in [7, 11) is 0. The van der Waals surface area contributed by atoms with E-state index in [1.165, 1.54) is 6.92 Å². The Morgan fingerprint density at radius 3 is 2.33 bits per heavy atom. The first-order valence-corrected chi connectivity index (χ1v) is 2.50. The number of carbonyl (C=O) groups is 1. The van der Waals surface area contributed by atoms with Crippen LogP contribution in [0.25, 0.3) is 0 Å². The lowest BCUT2D eigenvalue weighted by Crippen LogP contribution is -2.35. The first-order chi connectivity index (χ1) is 4.06. The lowest BCUT2D eigenvalue weighted by molar-refractivity contribution is -0.152. The second-order valence-electron chi connectivity index (χ2n) is 1.66. The molecule has 0 spiro atoms. The van der Waals surface area contributed by atoms with E-state index >= 15 is 0 Å². The monoisotopic (exact) mass is 128 g/mol. The predicted molar refractivity (Wildman–Crippen MR) is 31.7 cm³/mol. The minimum absolute atomic E-state index is 0.0266. The van der Waals surface area contributed by atoms with Crippen LogP contribution in [-0.2, 0) is 4.79 Å². The van der Waals surface area contributed by atoms with Crippen LogP contribution in [0.2, 0.25) is 0 Å². The first-order valence-electron chi connectivity index (χ1n) is 2.50. The predicted octanol–water partition coefficient (Wildman–Crippen LogP) is -0.155. The fraction of sp³-hybridized carbons (Fsp3) is 0.500. The van der Waals surface area contributed by atoms with Gasteiger partial charge in [-0.05, 0) is 6.42 Å². The molecule has 1 atom stereocenters. The lowest BCUT2D eigenvalue weighted by Gasteiger charge is -2.12. The minimum atomic E-state index is -1.97. The second-order valence-corrected chi connectivity index (χ2v) is 1.66. The molecule has 0 heterocycles. The summed E-state index contributed by atoms with van der Waals surface area (Å²) in [6.45, 7) is 1.51. The number of hydrogen-bond donors (Lipinski definition) is 2. The molecular weight excluding hydrogens is 120 g/mol. The zero-order valence-corrected chi connectivity index (χ0v) is 5.09. The Labute approximate surface area is 53.3 Å². The van der Waals surface area contributed by atoms with Crippen molar-refractivity contribution in [1.82, 2.24) is 0 Å². The number of aliphatic carboxylic acids is 1. The molecule has 0 aromatic rings. The van der Waals surface area contributed by atoms with Gasteiger partial charge in [0, 0.05) is 0 Å². The summed E-state index contributed by atoms with van der Waals surface area (Å²) in [6.07, 6.45) is 4.76. The van der Waals surface area contributed by atoms with Crippen molar-refractivity contribution in [2.45, 2.75) is 18.9 Å². The molecule has 9 heavy (non-hydrogen) atoms. The molecule has 0 radical (unpaired) electrons. The number of carboxylic acids is 1. The van der Waals surface area contributed by atoms with Gasteiger partial charge in [0.05, 0.1) is 0 Å². The van der Waals surface area contributed by atoms with Gasteiger partial charge in [-0.15, -0.1) is 6.42 Å². The number of hydrogen-bond acceptors (Lipinski definition) is 2. The normalized spacial score (nSPS) is 15.7. The zero-order valence-electron chi connectivity index (χ0n) is 5.09. The Morgan fingerprint density at radius 1 is 1.89 bits per heavy atom. The third-order valence-electron chi connectivity index (χ3n) is 1.10. The molecular formula is C6H8O3. The van der Waals surface area contributed by atoms with Crippen molar-refractivity contribution in [3.8, 4) is 12.3 Å². The van der Waals surface area contributed by atoms with Crippen LogP contribution in [0, 0.1) is 12.3 Å². The van der Waals surface area contributed by atoms with Crippen molar-refractivity contribution in [3.63, 3.8) is 0 Å². The Bertz CT molecular complexity index is 156. The fourth-order valence-electron chi connectivity index (χ4n) is 0.315. The van der Waals surface area contributed by atoms with E-state index in [4.69, 9.17) is 16.6 Å². The standard InChI is InChI=1S/C6H8O3/c1-3-6(9,4-2)5(7)8/h1,9H,4H2,2H3,(H,7,8). The molecule has 0 fully saturated rings. The zero-order chi connectivity index (χ0) is 7.49. The van der Waals surface area contributed by atoms with Gasteiger partial charge in [0.2, 0.25) is 5.60 Å². The molecule has 0 aliphatic rings. The number of terminal acetylenes is 1. The van der Waals surface area contributed by atoms with Crippen molar-refractivity contribution in [1.29, 1.82) is 0 Å². The molecule has 3 nitrogen and oxygen atoms in total. The summed E-state index contributed by atoms with van der Waals surface area (Å²) >= 11 is 0. The molecule has 0 aliphatic heterocycles. The number of carboxylic acid groups (broad SMARTS) is 1. The summed E-state index contributed by atoms with van der Waals surface area (Å²) < 4.78 is 0. The Kier molecular flexibility index (Phi) is 2.23. The van der Waals surface area contributed by atoms with E-state index in [1.807, 2.05) is 0 Å². The molecule has 1 unspecified atom stereocenters. The molecule has 3 heteroatoms. The quantitative estimate of drug-likeness (QED) is 0.508. The Hall–Kier alpha value is -1.01. The minimum Gasteiger partial charge on any atom is -0.478 e. The van der Waals surface area contributed by atoms with E-state index in [1.54, 1.807) is 5.92 Å². The largest absolute Gasteiger partial charge is 0.478 e. The van der Waals surface area contributed by atoms with Crippen molar-refractivity contribution in [3.05, 3.63) is 0 Å². The maximum absolute atomic E-state index is 10.1. The highest BCUT2D eigenvalue weighted by Gasteiger charge is 2.30. The summed E-state index contributed by atoms with van der Waals surface area (Å²) in [6, 6.07) is 0. The number of aliphatic hydroxyl groups is 1. The van der Waals surface area contributed by atoms with E-state index in [9.17, 15) is 4.79 Å². The van der Waals surface area contributed by atoms with Crippen LogP contribution in [-0.4, -0.2) is 21.8 Å². The van der Waals surface area contributed by atoms with Gasteiger partial charge in [-0.1, -0.05) is 12.8 Å². The molecule has 0 saturated heterocycles. The molecule has 0 amide bonds. The van der Waals surface area contributed by atoms with Gasteiger partial charge in [0.15, 0.2) is 0 Å². The molecule has 0 aromatic heterocycles. The lowest BCUT2D eigenvalue weighted by atomic mass is 10.0. The number of rotatable bonds is 2. The highest BCUT2D eigenvalue weighted by atomic mass is 16.4. The van der Waals surface area contributed by atoms with E-state index in [-0.39, 0.29) is 6.42 Å². The Morgan fingerprint density at radius 2 is 2.33 bits per heavy atom. The fourth-order valence-corrected chi connectivity index (χ4v) is 0.315. The smallest absolute Gasteiger partial charge is 0.348 e. The van der Waals surface area contributed by atoms with E-state index in [2.05, 4.69) is 0 Å². The molecule has 0 rings (SSSR count). The third kappa shape index (κ3) is 1.44. The third-order valence-corrected chi connectivity index (χ3v) is 1.10. The van der Waals surface area contributed by atoms with Gasteiger partial charge in [-0.2, -0.15) is 0 Å². The summed E-state index contributed by atoms with van der Waals surface area (Å²) in [5.74, 6) is 0.416. The molecule has 0 aromatic carbocycles. The van der Waals surface area contributed by atoms with Crippen LogP contribution >= 0.6 is 0 Å². The SMILES string of the molecule is C#CC(O)(CC)C(=O)O. The maximum Gasteiger partial charge on any atom is 0.348 e. The Balaban J connectivity index is 4.33. The topological polar surface area (TPSA) is 57.5 Å². The van der Waals surface area contributed by atoms with Crippen molar-refractivity contribution >= 4 is 5.97 Å². The highest BCUT2D eigenvalue weighted by molar-refractivity contribution is 5.81. The van der Waals surface area contributed by atoms with Gasteiger partial charge in [-0.25, -0.2) is 4.79 Å². The molecule has 0 saturated carbocycles. The van der Waals surface area contributed by atoms with Crippen LogP contribution in [0.4, 0.5) is 0 Å². The maximum atomic E-state index is 10.1. The van der Waals surface area contributed by atoms with Crippen LogP contribution in [0.3, 0.4) is 0 Å². The van der Waals surface area contributed by atoms with Gasteiger partial charge in [0.1, 0.15) is 0 Å². The van der Waals surface area contributed by atoms with Crippen molar-refractivity contribution in [2.75, 3.05) is 0 Å². The van der Waals surface area contributed by atoms with Crippen LogP contribution < -0.4 is 0 Å². The summed E-state index contributed by atoms with van der Waals surface area (Å²) in [5, 5.41) is 17.1. The summed E-state index contributed by atoms with van der Waals surface area (Å²) in [5.41, 5.74) is -1.97. The van der Waals surface area contributed by atoms with E-state index < -0.39 is 11.6 Å². The van der Waals surface area contributed by atoms with Crippen molar-refractivity contribution in [2.24, 2.45) is 0 Å². The van der Waals surface area contributed by atoms with Gasteiger partial charge in [-0.3, -0.25) is 0 Å². The van der Waals surface area contributed by atoms with Crippen LogP contribution in [0.1, 0.15) is 13.3 Å². The molecule has 0 bridgehead atoms. The average molecular weight is 128 g/mol. The van der Waals surface area contributed by atoms with Gasteiger partial charge in [0.25, 0.3) is 0 Å². The second kappa shape index (κ2) is 2.51. The highest BCUT2D eigenvalue weighted by Crippen LogP contribution is 2.06. The van der Waals surface area contributed by atoms with E-state index in [0.717, 1.165) is 0 Å². The van der Waals surface area contributed by atoms with Crippen LogP contribution in [0.15, 0.2) is 0 Å². The molecule has 2 N–H and O–H groups in total.